The molecule has 1 aromatic rings. The first-order valence-corrected chi connectivity index (χ1v) is 8.45. The third kappa shape index (κ3) is 3.48. The third-order valence-electron chi connectivity index (χ3n) is 3.66. The van der Waals surface area contributed by atoms with Crippen LogP contribution in [0, 0.1) is 0 Å². The van der Waals surface area contributed by atoms with Crippen molar-refractivity contribution < 1.29 is 9.90 Å². The summed E-state index contributed by atoms with van der Waals surface area (Å²) >= 11 is 7.77. The van der Waals surface area contributed by atoms with E-state index < -0.39 is 0 Å². The molecule has 1 N–H and O–H groups in total. The van der Waals surface area contributed by atoms with Gasteiger partial charge in [0.05, 0.1) is 16.7 Å². The molecule has 0 bridgehead atoms. The standard InChI is InChI=1S/C15H20ClNO2S/c1-10(18)8-11-4-3-7-17(11)15(19)13-9-12(20-2)5-6-14(13)16/h5-6,9-11,18H,3-4,7-8H2,1-2H3. The van der Waals surface area contributed by atoms with E-state index in [9.17, 15) is 9.90 Å². The molecular weight excluding hydrogens is 294 g/mol. The van der Waals surface area contributed by atoms with Crippen LogP contribution in [-0.2, 0) is 0 Å². The summed E-state index contributed by atoms with van der Waals surface area (Å²) in [6, 6.07) is 5.67. The zero-order valence-corrected chi connectivity index (χ0v) is 13.4. The Kier molecular flexibility index (Phi) is 5.35. The molecule has 1 aromatic carbocycles. The van der Waals surface area contributed by atoms with Gasteiger partial charge in [-0.1, -0.05) is 11.6 Å². The number of carbonyl (C=O) groups excluding carboxylic acids is 1. The number of amides is 1. The molecule has 0 saturated carbocycles. The first-order valence-electron chi connectivity index (χ1n) is 6.85. The maximum Gasteiger partial charge on any atom is 0.255 e. The minimum Gasteiger partial charge on any atom is -0.393 e. The lowest BCUT2D eigenvalue weighted by molar-refractivity contribution is 0.0682. The molecule has 110 valence electrons. The van der Waals surface area contributed by atoms with Crippen molar-refractivity contribution in [2.24, 2.45) is 0 Å². The number of hydrogen-bond donors (Lipinski definition) is 1. The highest BCUT2D eigenvalue weighted by molar-refractivity contribution is 7.98. The second-order valence-electron chi connectivity index (χ2n) is 5.23. The SMILES string of the molecule is CSc1ccc(Cl)c(C(=O)N2CCCC2CC(C)O)c1. The van der Waals surface area contributed by atoms with E-state index >= 15 is 0 Å². The molecule has 1 heterocycles. The largest absolute Gasteiger partial charge is 0.393 e. The zero-order chi connectivity index (χ0) is 14.7. The zero-order valence-electron chi connectivity index (χ0n) is 11.8. The highest BCUT2D eigenvalue weighted by Crippen LogP contribution is 2.28. The van der Waals surface area contributed by atoms with Crippen LogP contribution in [0.1, 0.15) is 36.5 Å². The lowest BCUT2D eigenvalue weighted by Crippen LogP contribution is -2.37. The lowest BCUT2D eigenvalue weighted by atomic mass is 10.1. The average Bonchev–Trinajstić information content (AvgIpc) is 2.86. The van der Waals surface area contributed by atoms with Crippen LogP contribution in [-0.4, -0.2) is 40.9 Å². The summed E-state index contributed by atoms with van der Waals surface area (Å²) in [5.74, 6) is -0.0194. The second kappa shape index (κ2) is 6.83. The molecule has 1 amide bonds. The summed E-state index contributed by atoms with van der Waals surface area (Å²) in [7, 11) is 0. The predicted molar refractivity (Wildman–Crippen MR) is 83.6 cm³/mol. The highest BCUT2D eigenvalue weighted by atomic mass is 35.5. The van der Waals surface area contributed by atoms with Gasteiger partial charge in [-0.2, -0.15) is 0 Å². The third-order valence-corrected chi connectivity index (χ3v) is 4.71. The summed E-state index contributed by atoms with van der Waals surface area (Å²) in [4.78, 5) is 15.6. The molecule has 1 fully saturated rings. The molecule has 1 aliphatic rings. The van der Waals surface area contributed by atoms with Gasteiger partial charge < -0.3 is 10.0 Å². The fourth-order valence-corrected chi connectivity index (χ4v) is 3.33. The summed E-state index contributed by atoms with van der Waals surface area (Å²) in [5, 5.41) is 10.0. The van der Waals surface area contributed by atoms with Crippen LogP contribution in [0.3, 0.4) is 0 Å². The van der Waals surface area contributed by atoms with Crippen LogP contribution < -0.4 is 0 Å². The Morgan fingerprint density at radius 3 is 3.00 bits per heavy atom. The maximum absolute atomic E-state index is 12.7. The second-order valence-corrected chi connectivity index (χ2v) is 6.51. The monoisotopic (exact) mass is 313 g/mol. The lowest BCUT2D eigenvalue weighted by Gasteiger charge is -2.26. The van der Waals surface area contributed by atoms with Gasteiger partial charge in [0.2, 0.25) is 0 Å². The molecule has 2 atom stereocenters. The minimum absolute atomic E-state index is 0.0194. The smallest absolute Gasteiger partial charge is 0.255 e. The summed E-state index contributed by atoms with van der Waals surface area (Å²) in [6.45, 7) is 2.51. The van der Waals surface area contributed by atoms with Crippen LogP contribution in [0.4, 0.5) is 0 Å². The summed E-state index contributed by atoms with van der Waals surface area (Å²) in [5.41, 5.74) is 0.566. The Labute approximate surface area is 129 Å². The van der Waals surface area contributed by atoms with E-state index in [1.54, 1.807) is 24.8 Å². The van der Waals surface area contributed by atoms with Crippen LogP contribution in [0.2, 0.25) is 5.02 Å². The Morgan fingerprint density at radius 1 is 1.60 bits per heavy atom. The Balaban J connectivity index is 2.22. The van der Waals surface area contributed by atoms with Gasteiger partial charge in [-0.05, 0) is 50.6 Å². The highest BCUT2D eigenvalue weighted by Gasteiger charge is 2.31. The number of nitrogens with zero attached hydrogens (tertiary/aromatic N) is 1. The molecular formula is C15H20ClNO2S. The van der Waals surface area contributed by atoms with E-state index in [0.717, 1.165) is 24.3 Å². The fraction of sp³-hybridized carbons (Fsp3) is 0.533. The van der Waals surface area contributed by atoms with E-state index in [4.69, 9.17) is 11.6 Å². The van der Waals surface area contributed by atoms with Crippen LogP contribution in [0.5, 0.6) is 0 Å². The van der Waals surface area contributed by atoms with Crippen molar-refractivity contribution in [1.29, 1.82) is 0 Å². The minimum atomic E-state index is -0.388. The van der Waals surface area contributed by atoms with Crippen molar-refractivity contribution >= 4 is 29.3 Å². The molecule has 0 radical (unpaired) electrons. The van der Waals surface area contributed by atoms with Crippen LogP contribution in [0.25, 0.3) is 0 Å². The van der Waals surface area contributed by atoms with Gasteiger partial charge in [-0.25, -0.2) is 0 Å². The molecule has 0 aromatic heterocycles. The Bertz CT molecular complexity index is 493. The number of aliphatic hydroxyl groups is 1. The number of halogens is 1. The van der Waals surface area contributed by atoms with Gasteiger partial charge in [0.1, 0.15) is 0 Å². The Morgan fingerprint density at radius 2 is 2.35 bits per heavy atom. The molecule has 2 rings (SSSR count). The summed E-state index contributed by atoms with van der Waals surface area (Å²) < 4.78 is 0. The topological polar surface area (TPSA) is 40.5 Å². The quantitative estimate of drug-likeness (QED) is 0.866. The maximum atomic E-state index is 12.7. The van der Waals surface area contributed by atoms with Crippen molar-refractivity contribution in [3.05, 3.63) is 28.8 Å². The first-order chi connectivity index (χ1) is 9.52. The number of benzene rings is 1. The van der Waals surface area contributed by atoms with E-state index in [0.29, 0.717) is 17.0 Å². The van der Waals surface area contributed by atoms with Crippen LogP contribution in [0.15, 0.2) is 23.1 Å². The van der Waals surface area contributed by atoms with Gasteiger partial charge in [0.25, 0.3) is 5.91 Å². The molecule has 0 spiro atoms. The molecule has 5 heteroatoms. The molecule has 1 aliphatic heterocycles. The van der Waals surface area contributed by atoms with E-state index in [2.05, 4.69) is 0 Å². The number of likely N-dealkylation sites (tertiary alicyclic amines) is 1. The van der Waals surface area contributed by atoms with Gasteiger partial charge in [0, 0.05) is 17.5 Å². The van der Waals surface area contributed by atoms with E-state index in [1.165, 1.54) is 0 Å². The molecule has 2 unspecified atom stereocenters. The number of aliphatic hydroxyl groups excluding tert-OH is 1. The normalized spacial score (nSPS) is 20.2. The van der Waals surface area contributed by atoms with Crippen molar-refractivity contribution in [3.63, 3.8) is 0 Å². The van der Waals surface area contributed by atoms with E-state index in [1.807, 2.05) is 23.3 Å². The van der Waals surface area contributed by atoms with Crippen molar-refractivity contribution in [2.45, 2.75) is 43.2 Å². The van der Waals surface area contributed by atoms with Gasteiger partial charge in [-0.3, -0.25) is 4.79 Å². The van der Waals surface area contributed by atoms with Gasteiger partial charge in [0.15, 0.2) is 0 Å². The first kappa shape index (κ1) is 15.7. The van der Waals surface area contributed by atoms with Gasteiger partial charge >= 0.3 is 0 Å². The molecule has 3 nitrogen and oxygen atoms in total. The molecule has 0 aliphatic carbocycles. The number of rotatable bonds is 4. The fourth-order valence-electron chi connectivity index (χ4n) is 2.69. The van der Waals surface area contributed by atoms with Crippen LogP contribution >= 0.6 is 23.4 Å². The van der Waals surface area contributed by atoms with E-state index in [-0.39, 0.29) is 18.1 Å². The molecule has 1 saturated heterocycles. The molecule has 20 heavy (non-hydrogen) atoms. The number of hydrogen-bond acceptors (Lipinski definition) is 3. The number of carbonyl (C=O) groups is 1. The Hall–Kier alpha value is -0.710. The average molecular weight is 314 g/mol. The summed E-state index contributed by atoms with van der Waals surface area (Å²) in [6.07, 6.45) is 4.16. The van der Waals surface area contributed by atoms with Crippen molar-refractivity contribution in [2.75, 3.05) is 12.8 Å². The van der Waals surface area contributed by atoms with Crippen molar-refractivity contribution in [3.8, 4) is 0 Å². The van der Waals surface area contributed by atoms with Crippen molar-refractivity contribution in [1.82, 2.24) is 4.90 Å². The predicted octanol–water partition coefficient (Wildman–Crippen LogP) is 3.44. The van der Waals surface area contributed by atoms with Gasteiger partial charge in [-0.15, -0.1) is 11.8 Å². The number of thioether (sulfide) groups is 1.